The Balaban J connectivity index is 3.20. The Bertz CT molecular complexity index is 405. The molecule has 0 fully saturated rings. The predicted molar refractivity (Wildman–Crippen MR) is 64.8 cm³/mol. The summed E-state index contributed by atoms with van der Waals surface area (Å²) in [7, 11) is 1.67. The van der Waals surface area contributed by atoms with Gasteiger partial charge in [-0.05, 0) is 49.6 Å². The first-order valence-corrected chi connectivity index (χ1v) is 4.93. The fourth-order valence-electron chi connectivity index (χ4n) is 1.67. The molecule has 2 nitrogen and oxygen atoms in total. The standard InChI is InChI=1S/C13H17NO/c1-9(8-10(2)14)12-6-5-7-13(15-4)11(12)3/h5-8,14H,1-4H3/b9-8-,14-10?. The third kappa shape index (κ3) is 2.69. The predicted octanol–water partition coefficient (Wildman–Crippen LogP) is 3.45. The van der Waals surface area contributed by atoms with Gasteiger partial charge in [-0.3, -0.25) is 0 Å². The minimum absolute atomic E-state index is 0.565. The number of allylic oxidation sites excluding steroid dienone is 2. The van der Waals surface area contributed by atoms with Crippen molar-refractivity contribution in [3.63, 3.8) is 0 Å². The highest BCUT2D eigenvalue weighted by Crippen LogP contribution is 2.26. The van der Waals surface area contributed by atoms with E-state index in [2.05, 4.69) is 0 Å². The molecule has 0 saturated heterocycles. The average molecular weight is 203 g/mol. The van der Waals surface area contributed by atoms with Crippen LogP contribution in [0.1, 0.15) is 25.0 Å². The van der Waals surface area contributed by atoms with Crippen LogP contribution < -0.4 is 4.74 Å². The molecule has 0 saturated carbocycles. The first-order valence-electron chi connectivity index (χ1n) is 4.93. The molecule has 0 aliphatic heterocycles. The fraction of sp³-hybridized carbons (Fsp3) is 0.308. The molecule has 1 aromatic rings. The van der Waals surface area contributed by atoms with Crippen LogP contribution in [0.5, 0.6) is 5.75 Å². The van der Waals surface area contributed by atoms with Crippen molar-refractivity contribution < 1.29 is 4.74 Å². The topological polar surface area (TPSA) is 33.1 Å². The van der Waals surface area contributed by atoms with Gasteiger partial charge in [-0.2, -0.15) is 0 Å². The van der Waals surface area contributed by atoms with Crippen molar-refractivity contribution >= 4 is 11.3 Å². The molecule has 0 amide bonds. The number of nitrogens with one attached hydrogen (secondary N) is 1. The van der Waals surface area contributed by atoms with E-state index in [1.54, 1.807) is 14.0 Å². The third-order valence-corrected chi connectivity index (χ3v) is 2.36. The van der Waals surface area contributed by atoms with Crippen LogP contribution in [0.3, 0.4) is 0 Å². The van der Waals surface area contributed by atoms with E-state index < -0.39 is 0 Å². The lowest BCUT2D eigenvalue weighted by Crippen LogP contribution is -1.93. The fourth-order valence-corrected chi connectivity index (χ4v) is 1.67. The van der Waals surface area contributed by atoms with Crippen LogP contribution in [0.15, 0.2) is 24.3 Å². The van der Waals surface area contributed by atoms with E-state index in [0.29, 0.717) is 5.71 Å². The molecule has 0 spiro atoms. The van der Waals surface area contributed by atoms with Crippen LogP contribution in [0.25, 0.3) is 5.57 Å². The molecular formula is C13H17NO. The van der Waals surface area contributed by atoms with Crippen LogP contribution in [-0.2, 0) is 0 Å². The van der Waals surface area contributed by atoms with Crippen molar-refractivity contribution in [1.29, 1.82) is 5.41 Å². The van der Waals surface area contributed by atoms with E-state index in [4.69, 9.17) is 10.1 Å². The Kier molecular flexibility index (Phi) is 3.67. The Morgan fingerprint density at radius 2 is 2.00 bits per heavy atom. The molecule has 1 N–H and O–H groups in total. The Morgan fingerprint density at radius 3 is 2.53 bits per heavy atom. The maximum atomic E-state index is 7.44. The summed E-state index contributed by atoms with van der Waals surface area (Å²) in [5.74, 6) is 0.892. The van der Waals surface area contributed by atoms with Gasteiger partial charge in [-0.25, -0.2) is 0 Å². The van der Waals surface area contributed by atoms with Gasteiger partial charge in [0, 0.05) is 5.71 Å². The van der Waals surface area contributed by atoms with Gasteiger partial charge in [-0.1, -0.05) is 12.1 Å². The summed E-state index contributed by atoms with van der Waals surface area (Å²) in [6.07, 6.45) is 1.86. The van der Waals surface area contributed by atoms with Gasteiger partial charge in [0.25, 0.3) is 0 Å². The Morgan fingerprint density at radius 1 is 1.33 bits per heavy atom. The molecule has 0 aromatic heterocycles. The zero-order valence-corrected chi connectivity index (χ0v) is 9.72. The summed E-state index contributed by atoms with van der Waals surface area (Å²) in [5, 5.41) is 7.44. The summed E-state index contributed by atoms with van der Waals surface area (Å²) < 4.78 is 5.26. The van der Waals surface area contributed by atoms with E-state index in [0.717, 1.165) is 22.4 Å². The molecule has 80 valence electrons. The van der Waals surface area contributed by atoms with Crippen molar-refractivity contribution in [2.75, 3.05) is 7.11 Å². The summed E-state index contributed by atoms with van der Waals surface area (Å²) in [6, 6.07) is 5.97. The monoisotopic (exact) mass is 203 g/mol. The van der Waals surface area contributed by atoms with Gasteiger partial charge in [0.05, 0.1) is 7.11 Å². The average Bonchev–Trinajstić information content (AvgIpc) is 2.17. The zero-order chi connectivity index (χ0) is 11.4. The molecule has 0 heterocycles. The minimum Gasteiger partial charge on any atom is -0.496 e. The van der Waals surface area contributed by atoms with Crippen LogP contribution in [0.4, 0.5) is 0 Å². The zero-order valence-electron chi connectivity index (χ0n) is 9.72. The maximum Gasteiger partial charge on any atom is 0.122 e. The first-order chi connectivity index (χ1) is 7.06. The number of benzene rings is 1. The van der Waals surface area contributed by atoms with E-state index >= 15 is 0 Å². The lowest BCUT2D eigenvalue weighted by Gasteiger charge is -2.10. The second-order valence-corrected chi connectivity index (χ2v) is 3.64. The molecule has 0 unspecified atom stereocenters. The van der Waals surface area contributed by atoms with Gasteiger partial charge < -0.3 is 10.1 Å². The second kappa shape index (κ2) is 4.78. The van der Waals surface area contributed by atoms with Gasteiger partial charge in [-0.15, -0.1) is 0 Å². The molecule has 0 aliphatic carbocycles. The van der Waals surface area contributed by atoms with Crippen molar-refractivity contribution in [2.45, 2.75) is 20.8 Å². The van der Waals surface area contributed by atoms with Crippen LogP contribution in [-0.4, -0.2) is 12.8 Å². The number of methoxy groups -OCH3 is 1. The lowest BCUT2D eigenvalue weighted by atomic mass is 10.00. The van der Waals surface area contributed by atoms with Crippen LogP contribution in [0, 0.1) is 12.3 Å². The summed E-state index contributed by atoms with van der Waals surface area (Å²) in [6.45, 7) is 5.82. The van der Waals surface area contributed by atoms with Gasteiger partial charge >= 0.3 is 0 Å². The number of rotatable bonds is 3. The van der Waals surface area contributed by atoms with E-state index in [-0.39, 0.29) is 0 Å². The van der Waals surface area contributed by atoms with E-state index in [1.165, 1.54) is 0 Å². The molecule has 15 heavy (non-hydrogen) atoms. The third-order valence-electron chi connectivity index (χ3n) is 2.36. The van der Waals surface area contributed by atoms with E-state index in [9.17, 15) is 0 Å². The number of hydrogen-bond donors (Lipinski definition) is 1. The van der Waals surface area contributed by atoms with Crippen molar-refractivity contribution in [2.24, 2.45) is 0 Å². The Labute approximate surface area is 91.1 Å². The molecule has 0 radical (unpaired) electrons. The van der Waals surface area contributed by atoms with Crippen molar-refractivity contribution in [3.8, 4) is 5.75 Å². The van der Waals surface area contributed by atoms with Gasteiger partial charge in [0.15, 0.2) is 0 Å². The first kappa shape index (κ1) is 11.5. The quantitative estimate of drug-likeness (QED) is 0.750. The molecule has 1 rings (SSSR count). The van der Waals surface area contributed by atoms with Gasteiger partial charge in [0.2, 0.25) is 0 Å². The lowest BCUT2D eigenvalue weighted by molar-refractivity contribution is 0.411. The summed E-state index contributed by atoms with van der Waals surface area (Å²) >= 11 is 0. The minimum atomic E-state index is 0.565. The normalized spacial score (nSPS) is 11.3. The largest absolute Gasteiger partial charge is 0.496 e. The van der Waals surface area contributed by atoms with Crippen LogP contribution >= 0.6 is 0 Å². The van der Waals surface area contributed by atoms with Crippen molar-refractivity contribution in [3.05, 3.63) is 35.4 Å². The maximum absolute atomic E-state index is 7.44. The molecule has 1 aromatic carbocycles. The smallest absolute Gasteiger partial charge is 0.122 e. The highest BCUT2D eigenvalue weighted by Gasteiger charge is 2.05. The van der Waals surface area contributed by atoms with E-state index in [1.807, 2.05) is 38.1 Å². The summed E-state index contributed by atoms with van der Waals surface area (Å²) in [5.41, 5.74) is 3.92. The van der Waals surface area contributed by atoms with Gasteiger partial charge in [0.1, 0.15) is 5.75 Å². The molecule has 0 bridgehead atoms. The summed E-state index contributed by atoms with van der Waals surface area (Å²) in [4.78, 5) is 0. The second-order valence-electron chi connectivity index (χ2n) is 3.64. The van der Waals surface area contributed by atoms with Crippen LogP contribution in [0.2, 0.25) is 0 Å². The molecule has 2 heteroatoms. The number of hydrogen-bond acceptors (Lipinski definition) is 2. The Hall–Kier alpha value is -1.57. The molecule has 0 aliphatic rings. The highest BCUT2D eigenvalue weighted by atomic mass is 16.5. The number of ether oxygens (including phenoxy) is 1. The molecular weight excluding hydrogens is 186 g/mol. The SMILES string of the molecule is COc1cccc(/C(C)=C\C(C)=N)c1C. The molecule has 0 atom stereocenters. The highest BCUT2D eigenvalue weighted by molar-refractivity contribution is 5.97. The van der Waals surface area contributed by atoms with Crippen molar-refractivity contribution in [1.82, 2.24) is 0 Å².